The van der Waals surface area contributed by atoms with Crippen LogP contribution in [0.5, 0.6) is 0 Å². The maximum absolute atomic E-state index is 12.3. The molecule has 0 aliphatic heterocycles. The molecular weight excluding hydrogens is 264 g/mol. The molecule has 3 N–H and O–H groups in total. The second kappa shape index (κ2) is 5.99. The van der Waals surface area contributed by atoms with Crippen molar-refractivity contribution in [2.24, 2.45) is 0 Å². The fourth-order valence-electron chi connectivity index (χ4n) is 2.07. The minimum Gasteiger partial charge on any atom is -0.399 e. The van der Waals surface area contributed by atoms with Gasteiger partial charge >= 0.3 is 0 Å². The first kappa shape index (κ1) is 15.1. The molecule has 5 heteroatoms. The van der Waals surface area contributed by atoms with Gasteiger partial charge in [-0.3, -0.25) is 4.79 Å². The third-order valence-electron chi connectivity index (χ3n) is 3.25. The van der Waals surface area contributed by atoms with Crippen LogP contribution in [0.4, 0.5) is 11.5 Å². The van der Waals surface area contributed by atoms with Crippen LogP contribution in [0, 0.1) is 0 Å². The molecule has 0 bridgehead atoms. The van der Waals surface area contributed by atoms with E-state index in [-0.39, 0.29) is 11.1 Å². The average molecular weight is 286 g/mol. The zero-order chi connectivity index (χ0) is 15.5. The number of nitrogens with two attached hydrogens (primary N) is 1. The van der Waals surface area contributed by atoms with Crippen LogP contribution in [0.2, 0.25) is 0 Å². The Morgan fingerprint density at radius 1 is 1.24 bits per heavy atom. The molecule has 2 aromatic rings. The van der Waals surface area contributed by atoms with Crippen LogP contribution in [0.1, 0.15) is 26.3 Å². The zero-order valence-electron chi connectivity index (χ0n) is 12.8. The number of anilines is 2. The van der Waals surface area contributed by atoms with E-state index in [1.807, 2.05) is 45.0 Å². The lowest BCUT2D eigenvalue weighted by atomic mass is 10.1. The van der Waals surface area contributed by atoms with Crippen LogP contribution in [0.15, 0.2) is 41.5 Å². The quantitative estimate of drug-likeness (QED) is 0.845. The normalized spacial score (nSPS) is 11.4. The van der Waals surface area contributed by atoms with E-state index in [1.165, 1.54) is 5.56 Å². The Bertz CT molecular complexity index is 653. The highest BCUT2D eigenvalue weighted by Gasteiger charge is 2.16. The maximum Gasteiger partial charge on any atom is 0.293 e. The standard InChI is InChI=1S/C16H22N4O/c1-16(2,3)20-11-10-19-14(15(20)21)18-9-8-12-4-6-13(17)7-5-12/h4-7,10-11H,8-9,17H2,1-3H3,(H,18,19). The Morgan fingerprint density at radius 2 is 1.90 bits per heavy atom. The van der Waals surface area contributed by atoms with Gasteiger partial charge in [0.05, 0.1) is 0 Å². The number of aromatic nitrogens is 2. The third-order valence-corrected chi connectivity index (χ3v) is 3.25. The molecule has 1 aromatic carbocycles. The molecule has 5 nitrogen and oxygen atoms in total. The second-order valence-corrected chi connectivity index (χ2v) is 6.04. The Kier molecular flexibility index (Phi) is 4.31. The molecule has 2 rings (SSSR count). The van der Waals surface area contributed by atoms with E-state index >= 15 is 0 Å². The molecule has 0 saturated heterocycles. The molecule has 0 aliphatic carbocycles. The molecule has 1 heterocycles. The van der Waals surface area contributed by atoms with Crippen molar-refractivity contribution in [2.75, 3.05) is 17.6 Å². The SMILES string of the molecule is CC(C)(C)n1ccnc(NCCc2ccc(N)cc2)c1=O. The molecule has 0 aliphatic rings. The highest BCUT2D eigenvalue weighted by molar-refractivity contribution is 5.39. The van der Waals surface area contributed by atoms with Crippen LogP contribution in [-0.2, 0) is 12.0 Å². The van der Waals surface area contributed by atoms with Crippen molar-refractivity contribution in [3.8, 4) is 0 Å². The van der Waals surface area contributed by atoms with Crippen LogP contribution in [-0.4, -0.2) is 16.1 Å². The van der Waals surface area contributed by atoms with Gasteiger partial charge < -0.3 is 15.6 Å². The van der Waals surface area contributed by atoms with Gasteiger partial charge in [0.15, 0.2) is 5.82 Å². The van der Waals surface area contributed by atoms with Crippen molar-refractivity contribution in [3.63, 3.8) is 0 Å². The van der Waals surface area contributed by atoms with Crippen molar-refractivity contribution in [3.05, 3.63) is 52.6 Å². The topological polar surface area (TPSA) is 72.9 Å². The highest BCUT2D eigenvalue weighted by atomic mass is 16.1. The number of rotatable bonds is 4. The fourth-order valence-corrected chi connectivity index (χ4v) is 2.07. The Hall–Kier alpha value is -2.30. The first-order valence-electron chi connectivity index (χ1n) is 7.04. The minimum absolute atomic E-state index is 0.0951. The molecule has 0 radical (unpaired) electrons. The van der Waals surface area contributed by atoms with E-state index in [9.17, 15) is 4.79 Å². The van der Waals surface area contributed by atoms with Gasteiger partial charge in [0.1, 0.15) is 0 Å². The smallest absolute Gasteiger partial charge is 0.293 e. The largest absolute Gasteiger partial charge is 0.399 e. The van der Waals surface area contributed by atoms with Gasteiger partial charge in [0, 0.05) is 30.2 Å². The summed E-state index contributed by atoms with van der Waals surface area (Å²) in [6.07, 6.45) is 4.18. The summed E-state index contributed by atoms with van der Waals surface area (Å²) >= 11 is 0. The van der Waals surface area contributed by atoms with E-state index in [0.29, 0.717) is 12.4 Å². The molecule has 0 fully saturated rings. The maximum atomic E-state index is 12.3. The lowest BCUT2D eigenvalue weighted by Crippen LogP contribution is -2.35. The lowest BCUT2D eigenvalue weighted by molar-refractivity contribution is 0.383. The number of hydrogen-bond acceptors (Lipinski definition) is 4. The summed E-state index contributed by atoms with van der Waals surface area (Å²) in [4.78, 5) is 16.5. The van der Waals surface area contributed by atoms with Crippen molar-refractivity contribution in [1.82, 2.24) is 9.55 Å². The molecule has 21 heavy (non-hydrogen) atoms. The first-order valence-corrected chi connectivity index (χ1v) is 7.04. The molecule has 0 unspecified atom stereocenters. The van der Waals surface area contributed by atoms with Gasteiger partial charge in [-0.1, -0.05) is 12.1 Å². The van der Waals surface area contributed by atoms with Crippen LogP contribution in [0.25, 0.3) is 0 Å². The number of benzene rings is 1. The fraction of sp³-hybridized carbons (Fsp3) is 0.375. The minimum atomic E-state index is -0.257. The molecule has 1 aromatic heterocycles. The summed E-state index contributed by atoms with van der Waals surface area (Å²) in [7, 11) is 0. The molecule has 112 valence electrons. The van der Waals surface area contributed by atoms with E-state index in [4.69, 9.17) is 5.73 Å². The summed E-state index contributed by atoms with van der Waals surface area (Å²) in [5.41, 5.74) is 7.23. The van der Waals surface area contributed by atoms with Crippen molar-refractivity contribution < 1.29 is 0 Å². The van der Waals surface area contributed by atoms with Gasteiger partial charge in [-0.15, -0.1) is 0 Å². The van der Waals surface area contributed by atoms with Gasteiger partial charge in [-0.25, -0.2) is 4.98 Å². The average Bonchev–Trinajstić information content (AvgIpc) is 2.41. The molecule has 0 amide bonds. The third kappa shape index (κ3) is 3.84. The van der Waals surface area contributed by atoms with Gasteiger partial charge in [-0.2, -0.15) is 0 Å². The molecular formula is C16H22N4O. The summed E-state index contributed by atoms with van der Waals surface area (Å²) < 4.78 is 1.69. The molecule has 0 atom stereocenters. The number of nitrogen functional groups attached to an aromatic ring is 1. The summed E-state index contributed by atoms with van der Waals surface area (Å²) in [5.74, 6) is 0.392. The van der Waals surface area contributed by atoms with E-state index < -0.39 is 0 Å². The van der Waals surface area contributed by atoms with Gasteiger partial charge in [0.25, 0.3) is 5.56 Å². The molecule has 0 spiro atoms. The van der Waals surface area contributed by atoms with Crippen molar-refractivity contribution in [2.45, 2.75) is 32.7 Å². The van der Waals surface area contributed by atoms with Gasteiger partial charge in [-0.05, 0) is 44.9 Å². The number of nitrogens with zero attached hydrogens (tertiary/aromatic N) is 2. The Balaban J connectivity index is 2.04. The summed E-state index contributed by atoms with van der Waals surface area (Å²) in [5, 5.41) is 3.11. The highest BCUT2D eigenvalue weighted by Crippen LogP contribution is 2.11. The number of hydrogen-bond donors (Lipinski definition) is 2. The Labute approximate surface area is 124 Å². The van der Waals surface area contributed by atoms with Crippen molar-refractivity contribution in [1.29, 1.82) is 0 Å². The Morgan fingerprint density at radius 3 is 2.52 bits per heavy atom. The molecule has 0 saturated carbocycles. The first-order chi connectivity index (χ1) is 9.88. The van der Waals surface area contributed by atoms with Gasteiger partial charge in [0.2, 0.25) is 0 Å². The van der Waals surface area contributed by atoms with Crippen molar-refractivity contribution >= 4 is 11.5 Å². The lowest BCUT2D eigenvalue weighted by Gasteiger charge is -2.22. The van der Waals surface area contributed by atoms with E-state index in [1.54, 1.807) is 17.0 Å². The van der Waals surface area contributed by atoms with E-state index in [0.717, 1.165) is 12.1 Å². The summed E-state index contributed by atoms with van der Waals surface area (Å²) in [6.45, 7) is 6.63. The van der Waals surface area contributed by atoms with E-state index in [2.05, 4.69) is 10.3 Å². The predicted molar refractivity (Wildman–Crippen MR) is 86.5 cm³/mol. The second-order valence-electron chi connectivity index (χ2n) is 6.04. The predicted octanol–water partition coefficient (Wildman–Crippen LogP) is 2.24. The number of nitrogens with one attached hydrogen (secondary N) is 1. The van der Waals surface area contributed by atoms with Crippen LogP contribution >= 0.6 is 0 Å². The zero-order valence-corrected chi connectivity index (χ0v) is 12.8. The summed E-state index contributed by atoms with van der Waals surface area (Å²) in [6, 6.07) is 7.73. The monoisotopic (exact) mass is 286 g/mol. The van der Waals surface area contributed by atoms with Crippen LogP contribution < -0.4 is 16.6 Å². The van der Waals surface area contributed by atoms with Crippen LogP contribution in [0.3, 0.4) is 0 Å².